The number of rotatable bonds is 2. The first-order valence-electron chi connectivity index (χ1n) is 4.83. The first-order chi connectivity index (χ1) is 5.25. The van der Waals surface area contributed by atoms with Crippen LogP contribution < -0.4 is 0 Å². The lowest BCUT2D eigenvalue weighted by Crippen LogP contribution is -2.30. The van der Waals surface area contributed by atoms with Gasteiger partial charge in [0.1, 0.15) is 0 Å². The van der Waals surface area contributed by atoms with Gasteiger partial charge in [-0.25, -0.2) is 0 Å². The summed E-state index contributed by atoms with van der Waals surface area (Å²) in [4.78, 5) is 0. The second-order valence-corrected chi connectivity index (χ2v) is 3.94. The summed E-state index contributed by atoms with van der Waals surface area (Å²) in [6.07, 6.45) is 2.60. The molecule has 66 valence electrons. The van der Waals surface area contributed by atoms with Crippen molar-refractivity contribution in [2.24, 2.45) is 17.8 Å². The molecular weight excluding hydrogens is 136 g/mol. The lowest BCUT2D eigenvalue weighted by Gasteiger charge is -2.33. The lowest BCUT2D eigenvalue weighted by atomic mass is 9.79. The van der Waals surface area contributed by atoms with Crippen LogP contribution >= 0.6 is 0 Å². The minimum atomic E-state index is 0.792. The molecule has 0 aliphatic carbocycles. The average molecular weight is 156 g/mol. The molecule has 11 heavy (non-hydrogen) atoms. The molecule has 1 aliphatic heterocycles. The highest BCUT2D eigenvalue weighted by Gasteiger charge is 2.26. The Kier molecular flexibility index (Phi) is 3.38. The van der Waals surface area contributed by atoms with Gasteiger partial charge in [0.05, 0.1) is 0 Å². The first-order valence-corrected chi connectivity index (χ1v) is 4.83. The van der Waals surface area contributed by atoms with Crippen LogP contribution in [0.25, 0.3) is 0 Å². The van der Waals surface area contributed by atoms with Crippen molar-refractivity contribution in [2.75, 3.05) is 13.2 Å². The molecule has 0 saturated carbocycles. The molecule has 0 spiro atoms. The zero-order valence-corrected chi connectivity index (χ0v) is 7.97. The van der Waals surface area contributed by atoms with Crippen LogP contribution in [0.2, 0.25) is 0 Å². The predicted octanol–water partition coefficient (Wildman–Crippen LogP) is 2.71. The largest absolute Gasteiger partial charge is 0.381 e. The summed E-state index contributed by atoms with van der Waals surface area (Å²) in [5, 5.41) is 0. The maximum Gasteiger partial charge on any atom is 0.0499 e. The molecule has 1 heterocycles. The van der Waals surface area contributed by atoms with Gasteiger partial charge in [-0.2, -0.15) is 0 Å². The second kappa shape index (κ2) is 4.10. The standard InChI is InChI=1S/C10H20O/c1-4-9-5-6-11-7-10(9)8(2)3/h8-10H,4-7H2,1-3H3/t9-,10+/m1/s1. The molecule has 2 atom stereocenters. The van der Waals surface area contributed by atoms with Gasteiger partial charge in [0.2, 0.25) is 0 Å². The molecule has 1 heteroatoms. The summed E-state index contributed by atoms with van der Waals surface area (Å²) in [6, 6.07) is 0. The van der Waals surface area contributed by atoms with Gasteiger partial charge < -0.3 is 4.74 Å². The quantitative estimate of drug-likeness (QED) is 0.597. The van der Waals surface area contributed by atoms with Crippen molar-refractivity contribution in [3.63, 3.8) is 0 Å². The molecule has 1 saturated heterocycles. The molecule has 0 aromatic heterocycles. The van der Waals surface area contributed by atoms with Gasteiger partial charge in [0.15, 0.2) is 0 Å². The lowest BCUT2D eigenvalue weighted by molar-refractivity contribution is -0.00340. The third-order valence-corrected chi connectivity index (χ3v) is 2.93. The Bertz CT molecular complexity index is 109. The topological polar surface area (TPSA) is 9.23 Å². The van der Waals surface area contributed by atoms with E-state index in [9.17, 15) is 0 Å². The van der Waals surface area contributed by atoms with E-state index in [1.807, 2.05) is 0 Å². The van der Waals surface area contributed by atoms with Crippen LogP contribution in [0.4, 0.5) is 0 Å². The van der Waals surface area contributed by atoms with E-state index in [2.05, 4.69) is 20.8 Å². The van der Waals surface area contributed by atoms with Gasteiger partial charge in [0, 0.05) is 13.2 Å². The van der Waals surface area contributed by atoms with Crippen molar-refractivity contribution < 1.29 is 4.74 Å². The minimum absolute atomic E-state index is 0.792. The van der Waals surface area contributed by atoms with Crippen LogP contribution in [-0.4, -0.2) is 13.2 Å². The zero-order chi connectivity index (χ0) is 8.27. The zero-order valence-electron chi connectivity index (χ0n) is 7.97. The van der Waals surface area contributed by atoms with Crippen LogP contribution in [0.15, 0.2) is 0 Å². The van der Waals surface area contributed by atoms with E-state index in [0.29, 0.717) is 0 Å². The van der Waals surface area contributed by atoms with E-state index in [0.717, 1.165) is 31.0 Å². The number of ether oxygens (including phenoxy) is 1. The molecule has 1 nitrogen and oxygen atoms in total. The van der Waals surface area contributed by atoms with E-state index in [-0.39, 0.29) is 0 Å². The van der Waals surface area contributed by atoms with E-state index in [4.69, 9.17) is 4.74 Å². The van der Waals surface area contributed by atoms with Crippen LogP contribution in [0, 0.1) is 17.8 Å². The average Bonchev–Trinajstić information content (AvgIpc) is 2.04. The fourth-order valence-electron chi connectivity index (χ4n) is 2.05. The smallest absolute Gasteiger partial charge is 0.0499 e. The molecule has 0 radical (unpaired) electrons. The Hall–Kier alpha value is -0.0400. The van der Waals surface area contributed by atoms with Crippen molar-refractivity contribution in [1.82, 2.24) is 0 Å². The van der Waals surface area contributed by atoms with Gasteiger partial charge in [-0.05, 0) is 24.2 Å². The first kappa shape index (κ1) is 9.05. The number of hydrogen-bond donors (Lipinski definition) is 0. The maximum atomic E-state index is 5.48. The highest BCUT2D eigenvalue weighted by molar-refractivity contribution is 4.74. The Labute approximate surface area is 70.1 Å². The number of hydrogen-bond acceptors (Lipinski definition) is 1. The van der Waals surface area contributed by atoms with Crippen molar-refractivity contribution >= 4 is 0 Å². The molecule has 1 aliphatic rings. The van der Waals surface area contributed by atoms with Gasteiger partial charge in [-0.15, -0.1) is 0 Å². The maximum absolute atomic E-state index is 5.48. The summed E-state index contributed by atoms with van der Waals surface area (Å²) >= 11 is 0. The van der Waals surface area contributed by atoms with Crippen LogP contribution in [0.3, 0.4) is 0 Å². The van der Waals surface area contributed by atoms with Gasteiger partial charge in [-0.1, -0.05) is 27.2 Å². The van der Waals surface area contributed by atoms with E-state index < -0.39 is 0 Å². The molecule has 0 aromatic rings. The SMILES string of the molecule is CC[C@@H]1CCOC[C@H]1C(C)C. The Morgan fingerprint density at radius 3 is 2.64 bits per heavy atom. The predicted molar refractivity (Wildman–Crippen MR) is 47.5 cm³/mol. The fraction of sp³-hybridized carbons (Fsp3) is 1.00. The van der Waals surface area contributed by atoms with E-state index in [1.165, 1.54) is 12.8 Å². The fourth-order valence-corrected chi connectivity index (χ4v) is 2.05. The van der Waals surface area contributed by atoms with Crippen molar-refractivity contribution in [2.45, 2.75) is 33.6 Å². The summed E-state index contributed by atoms with van der Waals surface area (Å²) in [6.45, 7) is 8.90. The summed E-state index contributed by atoms with van der Waals surface area (Å²) in [5.41, 5.74) is 0. The molecule has 0 N–H and O–H groups in total. The highest BCUT2D eigenvalue weighted by Crippen LogP contribution is 2.30. The van der Waals surface area contributed by atoms with Crippen LogP contribution in [0.5, 0.6) is 0 Å². The van der Waals surface area contributed by atoms with Gasteiger partial charge in [-0.3, -0.25) is 0 Å². The van der Waals surface area contributed by atoms with E-state index >= 15 is 0 Å². The van der Waals surface area contributed by atoms with Gasteiger partial charge in [0.25, 0.3) is 0 Å². The summed E-state index contributed by atoms with van der Waals surface area (Å²) < 4.78 is 5.48. The van der Waals surface area contributed by atoms with Crippen LogP contribution in [-0.2, 0) is 4.74 Å². The minimum Gasteiger partial charge on any atom is -0.381 e. The molecular formula is C10H20O. The Balaban J connectivity index is 2.44. The molecule has 0 unspecified atom stereocenters. The van der Waals surface area contributed by atoms with Crippen molar-refractivity contribution in [3.8, 4) is 0 Å². The molecule has 0 bridgehead atoms. The normalized spacial score (nSPS) is 32.7. The Morgan fingerprint density at radius 1 is 1.45 bits per heavy atom. The third-order valence-electron chi connectivity index (χ3n) is 2.93. The van der Waals surface area contributed by atoms with Gasteiger partial charge >= 0.3 is 0 Å². The molecule has 0 amide bonds. The second-order valence-electron chi connectivity index (χ2n) is 3.94. The molecule has 0 aromatic carbocycles. The third kappa shape index (κ3) is 2.19. The summed E-state index contributed by atoms with van der Waals surface area (Å²) in [7, 11) is 0. The van der Waals surface area contributed by atoms with Crippen molar-refractivity contribution in [3.05, 3.63) is 0 Å². The molecule has 1 fully saturated rings. The van der Waals surface area contributed by atoms with Crippen molar-refractivity contribution in [1.29, 1.82) is 0 Å². The Morgan fingerprint density at radius 2 is 2.18 bits per heavy atom. The van der Waals surface area contributed by atoms with E-state index in [1.54, 1.807) is 0 Å². The monoisotopic (exact) mass is 156 g/mol. The summed E-state index contributed by atoms with van der Waals surface area (Å²) in [5.74, 6) is 2.53. The highest BCUT2D eigenvalue weighted by atomic mass is 16.5. The molecule has 1 rings (SSSR count). The van der Waals surface area contributed by atoms with Crippen LogP contribution in [0.1, 0.15) is 33.6 Å².